The van der Waals surface area contributed by atoms with Crippen LogP contribution in [0.3, 0.4) is 0 Å². The second-order valence-electron chi connectivity index (χ2n) is 1.09. The first kappa shape index (κ1) is 0.784. The minimum absolute atomic E-state index is 1.18. The van der Waals surface area contributed by atoms with Crippen molar-refractivity contribution in [2.75, 3.05) is 0 Å². The van der Waals surface area contributed by atoms with Crippen LogP contribution in [0, 0.1) is 5.92 Å². The van der Waals surface area contributed by atoms with Gasteiger partial charge in [-0.25, -0.2) is 0 Å². The Labute approximate surface area is 38.6 Å². The molecule has 30 valence electrons. The third-order valence-corrected chi connectivity index (χ3v) is 0.557. The van der Waals surface area contributed by atoms with E-state index in [0.717, 1.165) is 0 Å². The van der Waals surface area contributed by atoms with E-state index >= 15 is 0 Å². The zero-order valence-corrected chi connectivity index (χ0v) is 2.60. The van der Waals surface area contributed by atoms with Gasteiger partial charge < -0.3 is 5.11 Å². The molecule has 1 rings (SSSR count). The third kappa shape index (κ3) is 0.428. The molecule has 1 nitrogen and oxygen atoms in total. The van der Waals surface area contributed by atoms with Crippen LogP contribution in [0.5, 0.6) is 0 Å². The summed E-state index contributed by atoms with van der Waals surface area (Å²) in [6.07, 6.45) is -3.20. The number of aliphatic hydroxyl groups excluding tert-OH is 1. The van der Waals surface area contributed by atoms with Gasteiger partial charge in [0, 0.05) is 6.85 Å². The normalized spacial score (nSPS) is 76.6. The van der Waals surface area contributed by atoms with Gasteiger partial charge in [-0.3, -0.25) is 0 Å². The highest BCUT2D eigenvalue weighted by molar-refractivity contribution is 4.80. The van der Waals surface area contributed by atoms with E-state index in [-0.39, 0.29) is 0 Å². The number of hydrogen-bond donors (Lipinski definition) is 1. The predicted octanol–water partition coefficient (Wildman–Crippen LogP) is 0.387. The molecule has 2 atom stereocenters. The third-order valence-electron chi connectivity index (χ3n) is 0.557. The minimum atomic E-state index is -2.36. The molecule has 0 bridgehead atoms. The molecule has 0 aromatic carbocycles. The summed E-state index contributed by atoms with van der Waals surface area (Å²) in [5.74, 6) is -1.18. The molecule has 0 amide bonds. The molecular weight excluding hydrogens is 64.0 g/mol. The Balaban J connectivity index is 2.66. The van der Waals surface area contributed by atoms with Crippen molar-refractivity contribution in [3.63, 3.8) is 0 Å². The lowest BCUT2D eigenvalue weighted by Gasteiger charge is -1.68. The smallest absolute Gasteiger partial charge is 0.0570 e. The molecule has 0 heterocycles. The minimum Gasteiger partial charge on any atom is -0.393 e. The van der Waals surface area contributed by atoms with E-state index in [9.17, 15) is 0 Å². The molecule has 0 aliphatic heterocycles. The molecule has 0 spiro atoms. The first-order valence-corrected chi connectivity index (χ1v) is 1.46. The van der Waals surface area contributed by atoms with Gasteiger partial charge in [0.15, 0.2) is 0 Å². The zero-order valence-electron chi connectivity index (χ0n) is 7.60. The maximum Gasteiger partial charge on any atom is 0.0570 e. The maximum absolute atomic E-state index is 8.75. The monoisotopic (exact) mass is 77.1 g/mol. The molecule has 1 N–H and O–H groups in total. The second kappa shape index (κ2) is 0.716. The quantitative estimate of drug-likeness (QED) is 0.443. The van der Waals surface area contributed by atoms with Gasteiger partial charge in [-0.05, 0) is 12.3 Å². The van der Waals surface area contributed by atoms with Crippen LogP contribution in [0.4, 0.5) is 0 Å². The average molecular weight is 77.1 g/mol. The van der Waals surface area contributed by atoms with Gasteiger partial charge in [0.25, 0.3) is 0 Å². The van der Waals surface area contributed by atoms with Gasteiger partial charge in [0.05, 0.1) is 6.10 Å². The highest BCUT2D eigenvalue weighted by atomic mass is 16.3. The van der Waals surface area contributed by atoms with Crippen molar-refractivity contribution in [3.8, 4) is 0 Å². The maximum atomic E-state index is 8.75. The highest BCUT2D eigenvalue weighted by Crippen LogP contribution is 2.27. The van der Waals surface area contributed by atoms with Crippen LogP contribution in [0.1, 0.15) is 20.1 Å². The van der Waals surface area contributed by atoms with Gasteiger partial charge in [-0.15, -0.1) is 0 Å². The Hall–Kier alpha value is -0.0400. The van der Waals surface area contributed by atoms with E-state index < -0.39 is 25.2 Å². The molecular formula is C4H8O. The first-order chi connectivity index (χ1) is 4.28. The summed E-state index contributed by atoms with van der Waals surface area (Å²) in [6, 6.07) is 0. The molecule has 1 heteroatoms. The lowest BCUT2D eigenvalue weighted by Crippen LogP contribution is -1.74. The molecule has 1 saturated carbocycles. The van der Waals surface area contributed by atoms with Crippen molar-refractivity contribution in [1.82, 2.24) is 0 Å². The van der Waals surface area contributed by atoms with Crippen LogP contribution in [0.25, 0.3) is 0 Å². The molecule has 0 radical (unpaired) electrons. The molecule has 5 heavy (non-hydrogen) atoms. The summed E-state index contributed by atoms with van der Waals surface area (Å²) in [7, 11) is 0. The van der Waals surface area contributed by atoms with Crippen molar-refractivity contribution in [3.05, 3.63) is 0 Å². The first-order valence-electron chi connectivity index (χ1n) is 3.96. The largest absolute Gasteiger partial charge is 0.393 e. The Bertz CT molecular complexity index is 140. The van der Waals surface area contributed by atoms with Crippen molar-refractivity contribution in [1.29, 1.82) is 0 Å². The van der Waals surface area contributed by atoms with Crippen LogP contribution in [0.2, 0.25) is 0 Å². The summed E-state index contributed by atoms with van der Waals surface area (Å²) < 4.78 is 34.2. The Morgan fingerprint density at radius 3 is 3.00 bits per heavy atom. The fourth-order valence-electron chi connectivity index (χ4n) is 0.128. The molecule has 0 aromatic rings. The molecule has 2 unspecified atom stereocenters. The average Bonchev–Trinajstić information content (AvgIpc) is 2.03. The van der Waals surface area contributed by atoms with Crippen LogP contribution >= 0.6 is 0 Å². The Morgan fingerprint density at radius 2 is 3.00 bits per heavy atom. The summed E-state index contributed by atoms with van der Waals surface area (Å²) >= 11 is 0. The van der Waals surface area contributed by atoms with Crippen molar-refractivity contribution < 1.29 is 12.0 Å². The summed E-state index contributed by atoms with van der Waals surface area (Å²) in [5.41, 5.74) is 0. The van der Waals surface area contributed by atoms with E-state index in [4.69, 9.17) is 12.0 Å². The topological polar surface area (TPSA) is 20.2 Å². The van der Waals surface area contributed by atoms with Crippen LogP contribution < -0.4 is 0 Å². The Kier molecular flexibility index (Phi) is 0.112. The molecule has 0 aromatic heterocycles. The van der Waals surface area contributed by atoms with E-state index in [2.05, 4.69) is 0 Å². The lowest BCUT2D eigenvalue weighted by atomic mass is 10.5. The predicted molar refractivity (Wildman–Crippen MR) is 19.8 cm³/mol. The van der Waals surface area contributed by atoms with E-state index in [1.807, 2.05) is 0 Å². The standard InChI is InChI=1S/C4H8O/c1-3-2-4(3)5/h3-5H,2H2,1H3/i1D3,2D2. The van der Waals surface area contributed by atoms with Gasteiger partial charge >= 0.3 is 0 Å². The molecule has 0 saturated heterocycles. The summed E-state index contributed by atoms with van der Waals surface area (Å²) in [5, 5.41) is 8.75. The molecule has 1 fully saturated rings. The number of rotatable bonds is 0. The number of hydrogen-bond acceptors (Lipinski definition) is 1. The van der Waals surface area contributed by atoms with Gasteiger partial charge in [-0.1, -0.05) is 6.85 Å². The molecule has 1 aliphatic rings. The zero-order chi connectivity index (χ0) is 8.15. The van der Waals surface area contributed by atoms with E-state index in [1.54, 1.807) is 0 Å². The fraction of sp³-hybridized carbons (Fsp3) is 1.00. The van der Waals surface area contributed by atoms with Gasteiger partial charge in [0.1, 0.15) is 0 Å². The van der Waals surface area contributed by atoms with Gasteiger partial charge in [-0.2, -0.15) is 0 Å². The second-order valence-corrected chi connectivity index (χ2v) is 1.09. The van der Waals surface area contributed by atoms with Crippen molar-refractivity contribution in [2.24, 2.45) is 5.92 Å². The Morgan fingerprint density at radius 1 is 2.40 bits per heavy atom. The van der Waals surface area contributed by atoms with Crippen LogP contribution in [-0.2, 0) is 0 Å². The van der Waals surface area contributed by atoms with E-state index in [0.29, 0.717) is 0 Å². The lowest BCUT2D eigenvalue weighted by molar-refractivity contribution is 0.263. The van der Waals surface area contributed by atoms with Crippen molar-refractivity contribution >= 4 is 0 Å². The van der Waals surface area contributed by atoms with Crippen LogP contribution in [-0.4, -0.2) is 11.2 Å². The van der Waals surface area contributed by atoms with Crippen LogP contribution in [0.15, 0.2) is 0 Å². The summed E-state index contributed by atoms with van der Waals surface area (Å²) in [6.45, 7) is -2.36. The summed E-state index contributed by atoms with van der Waals surface area (Å²) in [4.78, 5) is 0. The molecule has 1 aliphatic carbocycles. The van der Waals surface area contributed by atoms with E-state index in [1.165, 1.54) is 0 Å². The number of aliphatic hydroxyl groups is 1. The van der Waals surface area contributed by atoms with Crippen molar-refractivity contribution in [2.45, 2.75) is 19.3 Å². The highest BCUT2D eigenvalue weighted by Gasteiger charge is 2.29. The SMILES string of the molecule is [2H]C([2H])([2H])C1C(O)C1([2H])[2H]. The fourth-order valence-corrected chi connectivity index (χ4v) is 0.128. The van der Waals surface area contributed by atoms with Gasteiger partial charge in [0.2, 0.25) is 0 Å².